The summed E-state index contributed by atoms with van der Waals surface area (Å²) in [4.78, 5) is 15.1. The molecule has 0 aliphatic rings. The van der Waals surface area contributed by atoms with Gasteiger partial charge in [0.2, 0.25) is 0 Å². The van der Waals surface area contributed by atoms with Crippen LogP contribution in [0.4, 0.5) is 0 Å². The van der Waals surface area contributed by atoms with Gasteiger partial charge >= 0.3 is 0 Å². The molecule has 0 unspecified atom stereocenters. The van der Waals surface area contributed by atoms with Gasteiger partial charge in [-0.25, -0.2) is 0 Å². The summed E-state index contributed by atoms with van der Waals surface area (Å²) in [5.74, 6) is -0.526. The number of aliphatic hydroxyl groups is 2. The minimum Gasteiger partial charge on any atom is -0.508 e. The van der Waals surface area contributed by atoms with E-state index in [1.807, 2.05) is 30.5 Å². The number of aliphatic hydroxyl groups excluding tert-OH is 2. The maximum absolute atomic E-state index is 12.0. The Balaban J connectivity index is 1.70. The topological polar surface area (TPSA) is 93.6 Å². The number of phenols is 1. The molecule has 136 valence electrons. The van der Waals surface area contributed by atoms with Gasteiger partial charge in [0.1, 0.15) is 11.5 Å². The Bertz CT molecular complexity index is 1060. The molecule has 0 amide bonds. The lowest BCUT2D eigenvalue weighted by Crippen LogP contribution is -1.89. The van der Waals surface area contributed by atoms with Crippen LogP contribution in [-0.2, 0) is 11.4 Å². The van der Waals surface area contributed by atoms with Gasteiger partial charge in [-0.05, 0) is 47.5 Å². The highest BCUT2D eigenvalue weighted by atomic mass is 16.3. The van der Waals surface area contributed by atoms with E-state index in [1.165, 1.54) is 18.2 Å². The first kappa shape index (κ1) is 18.2. The SMILES string of the molecule is O=C(C=C(O)/C=C/c1ccc(O)c(CO)c1)/C=C/c1cccc2[nH]ccc12. The second-order valence-corrected chi connectivity index (χ2v) is 5.97. The molecule has 5 nitrogen and oxygen atoms in total. The number of fused-ring (bicyclic) bond motifs is 1. The summed E-state index contributed by atoms with van der Waals surface area (Å²) in [5, 5.41) is 29.6. The van der Waals surface area contributed by atoms with Gasteiger partial charge in [-0.3, -0.25) is 4.79 Å². The zero-order chi connectivity index (χ0) is 19.2. The molecule has 2 aromatic carbocycles. The van der Waals surface area contributed by atoms with Crippen molar-refractivity contribution in [1.82, 2.24) is 4.98 Å². The van der Waals surface area contributed by atoms with Gasteiger partial charge in [0.05, 0.1) is 6.61 Å². The lowest BCUT2D eigenvalue weighted by molar-refractivity contribution is -0.110. The number of aromatic hydroxyl groups is 1. The molecule has 3 aromatic rings. The Morgan fingerprint density at radius 1 is 1.07 bits per heavy atom. The summed E-state index contributed by atoms with van der Waals surface area (Å²) in [6, 6.07) is 12.4. The third-order valence-electron chi connectivity index (χ3n) is 4.07. The fourth-order valence-corrected chi connectivity index (χ4v) is 2.69. The van der Waals surface area contributed by atoms with E-state index in [0.29, 0.717) is 11.1 Å². The highest BCUT2D eigenvalue weighted by Gasteiger charge is 2.01. The van der Waals surface area contributed by atoms with Crippen LogP contribution in [0.15, 0.2) is 72.6 Å². The van der Waals surface area contributed by atoms with Gasteiger partial charge in [0.25, 0.3) is 0 Å². The standard InChI is InChI=1S/C22H19NO4/c24-14-17-12-15(5-9-22(17)27)4-7-18(25)13-19(26)8-6-16-2-1-3-21-20(16)10-11-23-21/h1-13,23-25,27H,14H2/b7-4+,8-6+,18-13?. The first-order valence-electron chi connectivity index (χ1n) is 8.36. The van der Waals surface area contributed by atoms with Crippen LogP contribution in [0.25, 0.3) is 23.1 Å². The largest absolute Gasteiger partial charge is 0.508 e. The molecule has 4 N–H and O–H groups in total. The molecule has 0 spiro atoms. The summed E-state index contributed by atoms with van der Waals surface area (Å²) in [5.41, 5.74) is 2.96. The maximum Gasteiger partial charge on any atom is 0.182 e. The first-order chi connectivity index (χ1) is 13.1. The molecule has 1 heterocycles. The Kier molecular flexibility index (Phi) is 5.54. The van der Waals surface area contributed by atoms with Gasteiger partial charge in [-0.15, -0.1) is 0 Å². The Morgan fingerprint density at radius 2 is 1.93 bits per heavy atom. The van der Waals surface area contributed by atoms with E-state index in [1.54, 1.807) is 24.3 Å². The third-order valence-corrected chi connectivity index (χ3v) is 4.07. The van der Waals surface area contributed by atoms with Crippen LogP contribution < -0.4 is 0 Å². The van der Waals surface area contributed by atoms with E-state index in [0.717, 1.165) is 22.5 Å². The van der Waals surface area contributed by atoms with Gasteiger partial charge in [-0.1, -0.05) is 30.4 Å². The minimum atomic E-state index is -0.341. The predicted octanol–water partition coefficient (Wildman–Crippen LogP) is 4.10. The Morgan fingerprint density at radius 3 is 2.74 bits per heavy atom. The fraction of sp³-hybridized carbons (Fsp3) is 0.0455. The Hall–Kier alpha value is -3.57. The number of hydrogen-bond acceptors (Lipinski definition) is 4. The zero-order valence-corrected chi connectivity index (χ0v) is 14.5. The van der Waals surface area contributed by atoms with Crippen molar-refractivity contribution in [3.05, 3.63) is 89.3 Å². The average Bonchev–Trinajstić information content (AvgIpc) is 3.15. The molecule has 0 saturated carbocycles. The molecule has 0 saturated heterocycles. The second kappa shape index (κ2) is 8.21. The molecule has 0 bridgehead atoms. The monoisotopic (exact) mass is 361 g/mol. The van der Waals surface area contributed by atoms with Crippen LogP contribution in [0.5, 0.6) is 5.75 Å². The lowest BCUT2D eigenvalue weighted by Gasteiger charge is -2.01. The molecular weight excluding hydrogens is 342 g/mol. The smallest absolute Gasteiger partial charge is 0.182 e. The van der Waals surface area contributed by atoms with Crippen molar-refractivity contribution in [2.45, 2.75) is 6.61 Å². The molecule has 0 aliphatic heterocycles. The predicted molar refractivity (Wildman–Crippen MR) is 106 cm³/mol. The first-order valence-corrected chi connectivity index (χ1v) is 8.36. The number of aromatic nitrogens is 1. The highest BCUT2D eigenvalue weighted by molar-refractivity contribution is 6.04. The van der Waals surface area contributed by atoms with Gasteiger partial charge in [-0.2, -0.15) is 0 Å². The van der Waals surface area contributed by atoms with Crippen LogP contribution in [0, 0.1) is 0 Å². The number of hydrogen-bond donors (Lipinski definition) is 4. The number of nitrogens with one attached hydrogen (secondary N) is 1. The number of carbonyl (C=O) groups excluding carboxylic acids is 1. The van der Waals surface area contributed by atoms with E-state index in [9.17, 15) is 15.0 Å². The maximum atomic E-state index is 12.0. The summed E-state index contributed by atoms with van der Waals surface area (Å²) in [7, 11) is 0. The van der Waals surface area contributed by atoms with Crippen LogP contribution >= 0.6 is 0 Å². The molecule has 27 heavy (non-hydrogen) atoms. The van der Waals surface area contributed by atoms with Gasteiger partial charge in [0.15, 0.2) is 5.78 Å². The average molecular weight is 361 g/mol. The van der Waals surface area contributed by atoms with E-state index >= 15 is 0 Å². The van der Waals surface area contributed by atoms with Crippen LogP contribution in [0.3, 0.4) is 0 Å². The second-order valence-electron chi connectivity index (χ2n) is 5.97. The number of allylic oxidation sites excluding steroid dienone is 3. The third kappa shape index (κ3) is 4.54. The molecule has 1 aromatic heterocycles. The number of H-pyrrole nitrogens is 1. The zero-order valence-electron chi connectivity index (χ0n) is 14.5. The number of aromatic amines is 1. The highest BCUT2D eigenvalue weighted by Crippen LogP contribution is 2.20. The van der Waals surface area contributed by atoms with Crippen molar-refractivity contribution < 1.29 is 20.1 Å². The number of benzene rings is 2. The molecule has 0 radical (unpaired) electrons. The van der Waals surface area contributed by atoms with E-state index in [-0.39, 0.29) is 23.9 Å². The van der Waals surface area contributed by atoms with Crippen molar-refractivity contribution in [3.63, 3.8) is 0 Å². The number of carbonyl (C=O) groups is 1. The van der Waals surface area contributed by atoms with Crippen molar-refractivity contribution in [3.8, 4) is 5.75 Å². The minimum absolute atomic E-state index is 0.00664. The van der Waals surface area contributed by atoms with E-state index in [2.05, 4.69) is 4.98 Å². The summed E-state index contributed by atoms with van der Waals surface area (Å²) >= 11 is 0. The Labute approximate surface area is 156 Å². The summed E-state index contributed by atoms with van der Waals surface area (Å²) < 4.78 is 0. The van der Waals surface area contributed by atoms with Crippen molar-refractivity contribution in [2.75, 3.05) is 0 Å². The number of ketones is 1. The van der Waals surface area contributed by atoms with Crippen LogP contribution in [0.2, 0.25) is 0 Å². The quantitative estimate of drug-likeness (QED) is 0.302. The van der Waals surface area contributed by atoms with Crippen molar-refractivity contribution in [1.29, 1.82) is 0 Å². The molecule has 3 rings (SSSR count). The molecule has 0 fully saturated rings. The summed E-state index contributed by atoms with van der Waals surface area (Å²) in [6.07, 6.45) is 9.04. The fourth-order valence-electron chi connectivity index (χ4n) is 2.69. The van der Waals surface area contributed by atoms with Crippen molar-refractivity contribution >= 4 is 28.8 Å². The van der Waals surface area contributed by atoms with Crippen LogP contribution in [0.1, 0.15) is 16.7 Å². The van der Waals surface area contributed by atoms with Gasteiger partial charge < -0.3 is 20.3 Å². The lowest BCUT2D eigenvalue weighted by atomic mass is 10.1. The summed E-state index contributed by atoms with van der Waals surface area (Å²) in [6.45, 7) is -0.285. The van der Waals surface area contributed by atoms with Crippen molar-refractivity contribution in [2.24, 2.45) is 0 Å². The molecule has 0 aliphatic carbocycles. The molecule has 0 atom stereocenters. The normalized spacial score (nSPS) is 12.4. The molecular formula is C22H19NO4. The van der Waals surface area contributed by atoms with Crippen LogP contribution in [-0.4, -0.2) is 26.1 Å². The number of rotatable bonds is 6. The van der Waals surface area contributed by atoms with E-state index < -0.39 is 0 Å². The van der Waals surface area contributed by atoms with E-state index in [4.69, 9.17) is 5.11 Å². The molecule has 5 heteroatoms. The van der Waals surface area contributed by atoms with Gasteiger partial charge in [0, 0.05) is 28.7 Å².